The fourth-order valence-corrected chi connectivity index (χ4v) is 6.39. The number of amides is 5. The number of ketones is 2. The predicted octanol–water partition coefficient (Wildman–Crippen LogP) is 5.23. The summed E-state index contributed by atoms with van der Waals surface area (Å²) < 4.78 is 0. The molecule has 268 valence electrons. The molecule has 5 amide bonds. The molecule has 3 heterocycles. The number of anilines is 3. The second-order valence-electron chi connectivity index (χ2n) is 12.5. The lowest BCUT2D eigenvalue weighted by Crippen LogP contribution is -2.41. The Morgan fingerprint density at radius 2 is 1.58 bits per heavy atom. The number of pyridine rings is 2. The normalized spacial score (nSPS) is 16.6. The number of aromatic nitrogens is 2. The molecule has 0 radical (unpaired) electrons. The maximum absolute atomic E-state index is 13.6. The first-order valence-corrected chi connectivity index (χ1v) is 17.3. The Morgan fingerprint density at radius 3 is 2.38 bits per heavy atom. The van der Waals surface area contributed by atoms with Gasteiger partial charge >= 0.3 is 6.03 Å². The van der Waals surface area contributed by atoms with Crippen LogP contribution in [0.15, 0.2) is 79.1 Å². The van der Waals surface area contributed by atoms with Crippen molar-refractivity contribution in [3.8, 4) is 11.8 Å². The van der Waals surface area contributed by atoms with Crippen LogP contribution in [-0.2, 0) is 9.59 Å². The van der Waals surface area contributed by atoms with Crippen molar-refractivity contribution in [2.45, 2.75) is 32.1 Å². The molecule has 2 unspecified atom stereocenters. The number of benzene rings is 2. The molecule has 2 atom stereocenters. The first-order chi connectivity index (χ1) is 25.6. The van der Waals surface area contributed by atoms with Crippen molar-refractivity contribution >= 4 is 64.0 Å². The number of hydrogen-bond acceptors (Lipinski definition) is 9. The number of carbonyl (C=O) groups excluding carboxylic acids is 6. The molecule has 1 aliphatic heterocycles. The van der Waals surface area contributed by atoms with Crippen LogP contribution in [0.4, 0.5) is 21.9 Å². The van der Waals surface area contributed by atoms with E-state index < -0.39 is 17.9 Å². The molecule has 2 aliphatic rings. The molecule has 2 aromatic heterocycles. The van der Waals surface area contributed by atoms with E-state index >= 15 is 0 Å². The number of imide groups is 1. The molecule has 53 heavy (non-hydrogen) atoms. The summed E-state index contributed by atoms with van der Waals surface area (Å²) in [5.74, 6) is 3.63. The number of nitrogens with one attached hydrogen (secondary N) is 5. The van der Waals surface area contributed by atoms with Crippen molar-refractivity contribution in [3.63, 3.8) is 0 Å². The van der Waals surface area contributed by atoms with Crippen LogP contribution in [0.3, 0.4) is 0 Å². The van der Waals surface area contributed by atoms with E-state index in [1.807, 2.05) is 0 Å². The lowest BCUT2D eigenvalue weighted by atomic mass is 9.83. The van der Waals surface area contributed by atoms with E-state index in [2.05, 4.69) is 48.4 Å². The average Bonchev–Trinajstić information content (AvgIpc) is 3.26. The summed E-state index contributed by atoms with van der Waals surface area (Å²) in [4.78, 5) is 84.2. The first kappa shape index (κ1) is 36.4. The smallest absolute Gasteiger partial charge is 0.323 e. The molecule has 4 aromatic rings. The lowest BCUT2D eigenvalue weighted by Gasteiger charge is -2.24. The number of hydrogen-bond donors (Lipinski definition) is 5. The van der Waals surface area contributed by atoms with Crippen LogP contribution < -0.4 is 26.6 Å². The zero-order valence-electron chi connectivity index (χ0n) is 28.3. The van der Waals surface area contributed by atoms with Gasteiger partial charge in [-0.25, -0.2) is 14.8 Å². The Morgan fingerprint density at radius 1 is 0.830 bits per heavy atom. The molecule has 1 fully saturated rings. The minimum absolute atomic E-state index is 0.157. The summed E-state index contributed by atoms with van der Waals surface area (Å²) in [5, 5.41) is 14.0. The fraction of sp³-hybridized carbons (Fsp3) is 0.231. The van der Waals surface area contributed by atoms with Crippen LogP contribution >= 0.6 is 11.6 Å². The predicted molar refractivity (Wildman–Crippen MR) is 198 cm³/mol. The number of carbonyl (C=O) groups is 6. The largest absolute Gasteiger partial charge is 0.383 e. The van der Waals surface area contributed by atoms with Crippen molar-refractivity contribution in [1.82, 2.24) is 20.6 Å². The van der Waals surface area contributed by atoms with Crippen LogP contribution in [0.1, 0.15) is 74.4 Å². The van der Waals surface area contributed by atoms with Crippen molar-refractivity contribution < 1.29 is 28.8 Å². The summed E-state index contributed by atoms with van der Waals surface area (Å²) in [6.07, 6.45) is 4.38. The van der Waals surface area contributed by atoms with Gasteiger partial charge in [0.25, 0.3) is 5.91 Å². The molecule has 13 nitrogen and oxygen atoms in total. The number of urea groups is 1. The molecular formula is C39H34ClN7O6. The standard InChI is InChI=1S/C39H34ClN7O6/c40-33-22-29(14-16-43-33)46-39(53)45-28-13-15-41-27(21-28)10-7-23-3-1-4-25(19-23)37(51)44-18-17-42-31-6-2-5-30-35(31)32(48)11-8-24(36(30)50)20-26-9-12-34(49)47-38(26)52/h1-6,13-16,19,21-22,24,26,42H,8-9,11-12,17-18,20H2,(H,44,51)(H,47,49,52)(H2,41,43,45,46,53). The maximum atomic E-state index is 13.6. The molecule has 0 spiro atoms. The Hall–Kier alpha value is -6.39. The van der Waals surface area contributed by atoms with Crippen LogP contribution in [0.25, 0.3) is 0 Å². The van der Waals surface area contributed by atoms with E-state index in [1.165, 1.54) is 18.5 Å². The fourth-order valence-electron chi connectivity index (χ4n) is 6.22. The number of rotatable bonds is 9. The third kappa shape index (κ3) is 9.49. The highest BCUT2D eigenvalue weighted by Gasteiger charge is 2.35. The van der Waals surface area contributed by atoms with Crippen LogP contribution in [0.5, 0.6) is 0 Å². The van der Waals surface area contributed by atoms with Gasteiger partial charge in [-0.05, 0) is 73.7 Å². The van der Waals surface area contributed by atoms with E-state index in [9.17, 15) is 28.8 Å². The SMILES string of the molecule is O=C1CCC(CC2CCC(=O)c3c(NCCNC(=O)c4cccc(C#Cc5cc(NC(=O)Nc6ccnc(Cl)c6)ccn5)c4)cccc3C2=O)C(=O)N1. The Balaban J connectivity index is 1.02. The summed E-state index contributed by atoms with van der Waals surface area (Å²) in [7, 11) is 0. The Bertz CT molecular complexity index is 2180. The van der Waals surface area contributed by atoms with Gasteiger partial charge in [-0.1, -0.05) is 35.7 Å². The topological polar surface area (TPSA) is 188 Å². The molecule has 6 rings (SSSR count). The summed E-state index contributed by atoms with van der Waals surface area (Å²) in [5.41, 5.74) is 3.46. The molecule has 14 heteroatoms. The zero-order chi connectivity index (χ0) is 37.3. The van der Waals surface area contributed by atoms with Gasteiger partial charge in [0.2, 0.25) is 11.8 Å². The molecule has 2 aromatic carbocycles. The molecule has 1 aliphatic carbocycles. The second kappa shape index (κ2) is 16.8. The lowest BCUT2D eigenvalue weighted by molar-refractivity contribution is -0.136. The van der Waals surface area contributed by atoms with Crippen molar-refractivity contribution in [1.29, 1.82) is 0 Å². The van der Waals surface area contributed by atoms with Gasteiger partial charge in [0, 0.05) is 83.9 Å². The van der Waals surface area contributed by atoms with Crippen molar-refractivity contribution in [3.05, 3.63) is 112 Å². The quantitative estimate of drug-likeness (QED) is 0.0505. The summed E-state index contributed by atoms with van der Waals surface area (Å²) in [6.45, 7) is 0.511. The average molecular weight is 732 g/mol. The van der Waals surface area contributed by atoms with Gasteiger partial charge in [0.05, 0.1) is 5.56 Å². The van der Waals surface area contributed by atoms with E-state index in [0.29, 0.717) is 57.9 Å². The second-order valence-corrected chi connectivity index (χ2v) is 12.9. The third-order valence-electron chi connectivity index (χ3n) is 8.81. The van der Waals surface area contributed by atoms with Gasteiger partial charge in [-0.15, -0.1) is 0 Å². The molecule has 1 saturated heterocycles. The van der Waals surface area contributed by atoms with Gasteiger partial charge in [0.15, 0.2) is 11.6 Å². The maximum Gasteiger partial charge on any atom is 0.323 e. The minimum atomic E-state index is -0.505. The van der Waals surface area contributed by atoms with E-state index in [4.69, 9.17) is 11.6 Å². The van der Waals surface area contributed by atoms with Gasteiger partial charge in [-0.2, -0.15) is 0 Å². The number of nitrogens with zero attached hydrogens (tertiary/aromatic N) is 2. The van der Waals surface area contributed by atoms with Crippen LogP contribution in [0.2, 0.25) is 5.15 Å². The number of fused-ring (bicyclic) bond motifs is 1. The van der Waals surface area contributed by atoms with Gasteiger partial charge in [-0.3, -0.25) is 29.3 Å². The zero-order valence-corrected chi connectivity index (χ0v) is 29.1. The Kier molecular flexibility index (Phi) is 11.5. The van der Waals surface area contributed by atoms with Crippen molar-refractivity contribution in [2.75, 3.05) is 29.0 Å². The first-order valence-electron chi connectivity index (χ1n) is 17.0. The van der Waals surface area contributed by atoms with Gasteiger partial charge < -0.3 is 21.3 Å². The summed E-state index contributed by atoms with van der Waals surface area (Å²) >= 11 is 5.87. The van der Waals surface area contributed by atoms with Crippen molar-refractivity contribution in [2.24, 2.45) is 11.8 Å². The Labute approximate surface area is 309 Å². The highest BCUT2D eigenvalue weighted by atomic mass is 35.5. The monoisotopic (exact) mass is 731 g/mol. The minimum Gasteiger partial charge on any atom is -0.383 e. The highest BCUT2D eigenvalue weighted by molar-refractivity contribution is 6.29. The third-order valence-corrected chi connectivity index (χ3v) is 9.02. The van der Waals surface area contributed by atoms with E-state index in [1.54, 1.807) is 60.7 Å². The van der Waals surface area contributed by atoms with Gasteiger partial charge in [0.1, 0.15) is 10.8 Å². The van der Waals surface area contributed by atoms with Crippen LogP contribution in [-0.4, -0.2) is 58.4 Å². The number of piperidine rings is 1. The summed E-state index contributed by atoms with van der Waals surface area (Å²) in [6, 6.07) is 17.7. The van der Waals surface area contributed by atoms with Crippen LogP contribution in [0, 0.1) is 23.7 Å². The molecular weight excluding hydrogens is 698 g/mol. The van der Waals surface area contributed by atoms with E-state index in [-0.39, 0.29) is 66.8 Å². The molecule has 0 bridgehead atoms. The number of Topliss-reactive ketones (excluding diaryl/α,β-unsaturated/α-hetero) is 2. The number of halogens is 1. The molecule has 0 saturated carbocycles. The highest BCUT2D eigenvalue weighted by Crippen LogP contribution is 2.34. The molecule has 5 N–H and O–H groups in total. The van der Waals surface area contributed by atoms with E-state index in [0.717, 1.165) is 0 Å².